The summed E-state index contributed by atoms with van der Waals surface area (Å²) < 4.78 is 0. The molecule has 2 atom stereocenters. The Labute approximate surface area is 193 Å². The number of Topliss-reactive ketones (excluding diaryl/α,β-unsaturated/α-hetero) is 1. The standard InChI is InChI=1S/C25H30N4O4/c1-16(2)13-21(29-23(31)18-9-6-12-26-15-18)24(32)28-20(14-17-7-4-3-5-8-17)22(30)25(33)27-19-10-11-19/h3-9,12,15-16,19-21H,10-11,13-14H2,1-2H3,(H,27,33)(H,28,32)(H,29,31)/t20?,21-/m0/s1. The van der Waals surface area contributed by atoms with Gasteiger partial charge >= 0.3 is 0 Å². The molecule has 1 heterocycles. The number of amides is 3. The number of nitrogens with one attached hydrogen (secondary N) is 3. The molecule has 174 valence electrons. The van der Waals surface area contributed by atoms with Gasteiger partial charge in [0, 0.05) is 24.9 Å². The minimum Gasteiger partial charge on any atom is -0.347 e. The van der Waals surface area contributed by atoms with Crippen LogP contribution in [0.4, 0.5) is 0 Å². The molecule has 1 aromatic carbocycles. The molecule has 8 nitrogen and oxygen atoms in total. The molecule has 2 aromatic rings. The summed E-state index contributed by atoms with van der Waals surface area (Å²) in [4.78, 5) is 55.1. The molecule has 0 saturated heterocycles. The Balaban J connectivity index is 1.75. The summed E-state index contributed by atoms with van der Waals surface area (Å²) in [7, 11) is 0. The number of aromatic nitrogens is 1. The van der Waals surface area contributed by atoms with E-state index in [1.807, 2.05) is 44.2 Å². The van der Waals surface area contributed by atoms with Gasteiger partial charge in [0.05, 0.1) is 5.56 Å². The summed E-state index contributed by atoms with van der Waals surface area (Å²) in [5.74, 6) is -2.22. The van der Waals surface area contributed by atoms with Crippen molar-refractivity contribution in [1.29, 1.82) is 0 Å². The lowest BCUT2D eigenvalue weighted by molar-refractivity contribution is -0.140. The number of ketones is 1. The molecule has 0 aliphatic heterocycles. The SMILES string of the molecule is CC(C)C[C@H](NC(=O)c1cccnc1)C(=O)NC(Cc1ccccc1)C(=O)C(=O)NC1CC1. The minimum absolute atomic E-state index is 0.0296. The summed E-state index contributed by atoms with van der Waals surface area (Å²) >= 11 is 0. The van der Waals surface area contributed by atoms with Crippen molar-refractivity contribution in [3.05, 3.63) is 66.0 Å². The van der Waals surface area contributed by atoms with E-state index in [0.717, 1.165) is 18.4 Å². The fourth-order valence-electron chi connectivity index (χ4n) is 3.42. The fourth-order valence-corrected chi connectivity index (χ4v) is 3.42. The zero-order chi connectivity index (χ0) is 23.8. The lowest BCUT2D eigenvalue weighted by atomic mass is 9.99. The van der Waals surface area contributed by atoms with Crippen LogP contribution < -0.4 is 16.0 Å². The molecule has 1 aliphatic rings. The maximum absolute atomic E-state index is 13.2. The average molecular weight is 451 g/mol. The van der Waals surface area contributed by atoms with Crippen molar-refractivity contribution in [2.75, 3.05) is 0 Å². The highest BCUT2D eigenvalue weighted by Gasteiger charge is 2.33. The molecule has 33 heavy (non-hydrogen) atoms. The maximum Gasteiger partial charge on any atom is 0.289 e. The summed E-state index contributed by atoms with van der Waals surface area (Å²) in [6.07, 6.45) is 5.23. The highest BCUT2D eigenvalue weighted by molar-refractivity contribution is 6.38. The molecule has 1 aliphatic carbocycles. The third-order valence-corrected chi connectivity index (χ3v) is 5.30. The first-order chi connectivity index (χ1) is 15.8. The zero-order valence-corrected chi connectivity index (χ0v) is 18.9. The van der Waals surface area contributed by atoms with E-state index in [1.54, 1.807) is 18.3 Å². The number of hydrogen-bond acceptors (Lipinski definition) is 5. The predicted octanol–water partition coefficient (Wildman–Crippen LogP) is 1.80. The molecular weight excluding hydrogens is 420 g/mol. The van der Waals surface area contributed by atoms with E-state index in [2.05, 4.69) is 20.9 Å². The monoisotopic (exact) mass is 450 g/mol. The molecule has 1 fully saturated rings. The number of carbonyl (C=O) groups excluding carboxylic acids is 4. The molecule has 1 unspecified atom stereocenters. The number of hydrogen-bond donors (Lipinski definition) is 3. The van der Waals surface area contributed by atoms with Gasteiger partial charge < -0.3 is 16.0 Å². The molecule has 8 heteroatoms. The average Bonchev–Trinajstić information content (AvgIpc) is 3.62. The van der Waals surface area contributed by atoms with E-state index in [-0.39, 0.29) is 18.4 Å². The zero-order valence-electron chi connectivity index (χ0n) is 18.9. The topological polar surface area (TPSA) is 117 Å². The lowest BCUT2D eigenvalue weighted by Gasteiger charge is -2.24. The van der Waals surface area contributed by atoms with Gasteiger partial charge in [-0.25, -0.2) is 0 Å². The van der Waals surface area contributed by atoms with Crippen LogP contribution in [0.2, 0.25) is 0 Å². The van der Waals surface area contributed by atoms with E-state index < -0.39 is 35.6 Å². The molecule has 0 spiro atoms. The van der Waals surface area contributed by atoms with Gasteiger partial charge in [0.15, 0.2) is 0 Å². The normalized spacial score (nSPS) is 14.8. The Morgan fingerprint density at radius 2 is 1.70 bits per heavy atom. The van der Waals surface area contributed by atoms with Crippen LogP contribution >= 0.6 is 0 Å². The smallest absolute Gasteiger partial charge is 0.289 e. The van der Waals surface area contributed by atoms with Crippen molar-refractivity contribution in [2.45, 2.75) is 57.7 Å². The van der Waals surface area contributed by atoms with Gasteiger partial charge in [-0.2, -0.15) is 0 Å². The van der Waals surface area contributed by atoms with Crippen LogP contribution in [0, 0.1) is 5.92 Å². The molecule has 0 radical (unpaired) electrons. The molecule has 3 amide bonds. The van der Waals surface area contributed by atoms with Gasteiger partial charge in [-0.3, -0.25) is 24.2 Å². The van der Waals surface area contributed by atoms with Crippen molar-refractivity contribution in [3.63, 3.8) is 0 Å². The van der Waals surface area contributed by atoms with Crippen molar-refractivity contribution < 1.29 is 19.2 Å². The number of nitrogens with zero attached hydrogens (tertiary/aromatic N) is 1. The quantitative estimate of drug-likeness (QED) is 0.451. The molecule has 1 saturated carbocycles. The summed E-state index contributed by atoms with van der Waals surface area (Å²) in [5, 5.41) is 8.16. The van der Waals surface area contributed by atoms with Gasteiger partial charge in [0.2, 0.25) is 11.7 Å². The first-order valence-corrected chi connectivity index (χ1v) is 11.2. The van der Waals surface area contributed by atoms with E-state index >= 15 is 0 Å². The Hall–Kier alpha value is -3.55. The van der Waals surface area contributed by atoms with Crippen molar-refractivity contribution in [3.8, 4) is 0 Å². The van der Waals surface area contributed by atoms with Crippen LogP contribution in [0.1, 0.15) is 49.0 Å². The van der Waals surface area contributed by atoms with Gasteiger partial charge in [-0.1, -0.05) is 44.2 Å². The summed E-state index contributed by atoms with van der Waals surface area (Å²) in [6, 6.07) is 10.6. The van der Waals surface area contributed by atoms with Crippen molar-refractivity contribution in [1.82, 2.24) is 20.9 Å². The van der Waals surface area contributed by atoms with Gasteiger partial charge in [-0.05, 0) is 42.9 Å². The van der Waals surface area contributed by atoms with Crippen LogP contribution in [-0.4, -0.2) is 46.6 Å². The fraction of sp³-hybridized carbons (Fsp3) is 0.400. The van der Waals surface area contributed by atoms with Gasteiger partial charge in [0.25, 0.3) is 11.8 Å². The van der Waals surface area contributed by atoms with E-state index in [1.165, 1.54) is 6.20 Å². The van der Waals surface area contributed by atoms with Gasteiger partial charge in [0.1, 0.15) is 12.1 Å². The first kappa shape index (κ1) is 24.1. The van der Waals surface area contributed by atoms with Crippen LogP contribution in [0.15, 0.2) is 54.9 Å². The second kappa shape index (κ2) is 11.4. The Bertz CT molecular complexity index is 974. The molecule has 3 N–H and O–H groups in total. The third-order valence-electron chi connectivity index (χ3n) is 5.30. The molecule has 3 rings (SSSR count). The van der Waals surface area contributed by atoms with Crippen LogP contribution in [0.25, 0.3) is 0 Å². The Morgan fingerprint density at radius 3 is 2.30 bits per heavy atom. The Kier molecular flexibility index (Phi) is 8.29. The third kappa shape index (κ3) is 7.52. The van der Waals surface area contributed by atoms with Crippen LogP contribution in [0.5, 0.6) is 0 Å². The first-order valence-electron chi connectivity index (χ1n) is 11.2. The number of pyridine rings is 1. The molecule has 1 aromatic heterocycles. The molecule has 0 bridgehead atoms. The lowest BCUT2D eigenvalue weighted by Crippen LogP contribution is -2.55. The number of rotatable bonds is 11. The number of carbonyl (C=O) groups is 4. The van der Waals surface area contributed by atoms with E-state index in [9.17, 15) is 19.2 Å². The van der Waals surface area contributed by atoms with Crippen molar-refractivity contribution in [2.24, 2.45) is 5.92 Å². The highest BCUT2D eigenvalue weighted by Crippen LogP contribution is 2.18. The van der Waals surface area contributed by atoms with Crippen LogP contribution in [0.3, 0.4) is 0 Å². The van der Waals surface area contributed by atoms with E-state index in [4.69, 9.17) is 0 Å². The highest BCUT2D eigenvalue weighted by atomic mass is 16.2. The van der Waals surface area contributed by atoms with E-state index in [0.29, 0.717) is 12.0 Å². The molecular formula is C25H30N4O4. The second-order valence-electron chi connectivity index (χ2n) is 8.76. The predicted molar refractivity (Wildman–Crippen MR) is 123 cm³/mol. The van der Waals surface area contributed by atoms with Gasteiger partial charge in [-0.15, -0.1) is 0 Å². The Morgan fingerprint density at radius 1 is 0.970 bits per heavy atom. The summed E-state index contributed by atoms with van der Waals surface area (Å²) in [5.41, 5.74) is 1.15. The second-order valence-corrected chi connectivity index (χ2v) is 8.76. The van der Waals surface area contributed by atoms with Crippen molar-refractivity contribution >= 4 is 23.5 Å². The largest absolute Gasteiger partial charge is 0.347 e. The minimum atomic E-state index is -1.04. The van der Waals surface area contributed by atoms with Crippen LogP contribution in [-0.2, 0) is 20.8 Å². The maximum atomic E-state index is 13.2. The summed E-state index contributed by atoms with van der Waals surface area (Å²) in [6.45, 7) is 3.87. The number of benzene rings is 1.